The van der Waals surface area contributed by atoms with E-state index < -0.39 is 37.8 Å². The molecule has 0 unspecified atom stereocenters. The smallest absolute Gasteiger partial charge is 0.390 e. The Balaban J connectivity index is 1.96. The molecule has 2 bridgehead atoms. The van der Waals surface area contributed by atoms with Crippen LogP contribution in [0, 0.1) is 0 Å². The van der Waals surface area contributed by atoms with Crippen LogP contribution in [0.5, 0.6) is 0 Å². The van der Waals surface area contributed by atoms with Gasteiger partial charge in [0.1, 0.15) is 0 Å². The molecule has 3 fully saturated rings. The Morgan fingerprint density at radius 2 is 1.62 bits per heavy atom. The molecule has 4 nitrogen and oxygen atoms in total. The van der Waals surface area contributed by atoms with Gasteiger partial charge in [-0.2, -0.15) is 13.2 Å². The van der Waals surface area contributed by atoms with E-state index in [4.69, 9.17) is 0 Å². The predicted octanol–water partition coefficient (Wildman–Crippen LogP) is 3.58. The molecule has 0 radical (unpaired) electrons. The summed E-state index contributed by atoms with van der Waals surface area (Å²) in [7, 11) is -4.34. The number of sulfonamides is 1. The zero-order valence-corrected chi connectivity index (χ0v) is 15.1. The lowest BCUT2D eigenvalue weighted by atomic mass is 9.64. The summed E-state index contributed by atoms with van der Waals surface area (Å²) in [6.45, 7) is 0. The molecule has 2 N–H and O–H groups in total. The van der Waals surface area contributed by atoms with Crippen molar-refractivity contribution in [2.45, 2.75) is 60.7 Å². The Morgan fingerprint density at radius 3 is 2.12 bits per heavy atom. The van der Waals surface area contributed by atoms with Crippen molar-refractivity contribution >= 4 is 26.0 Å². The minimum Gasteiger partial charge on any atom is -0.390 e. The average Bonchev–Trinajstić information content (AvgIpc) is 2.47. The first-order valence-corrected chi connectivity index (χ1v) is 9.86. The van der Waals surface area contributed by atoms with Crippen molar-refractivity contribution in [2.75, 3.05) is 0 Å². The zero-order chi connectivity index (χ0) is 17.8. The van der Waals surface area contributed by atoms with Crippen molar-refractivity contribution in [3.8, 4) is 0 Å². The van der Waals surface area contributed by atoms with E-state index in [1.165, 1.54) is 6.07 Å². The molecular formula is C15H17BrF3NO3S. The molecule has 24 heavy (non-hydrogen) atoms. The summed E-state index contributed by atoms with van der Waals surface area (Å²) in [4.78, 5) is -0.773. The molecule has 1 aromatic carbocycles. The van der Waals surface area contributed by atoms with Gasteiger partial charge in [-0.25, -0.2) is 13.1 Å². The standard InChI is InChI=1S/C15H17BrF3NO3S/c16-10-1-2-11(15(17,18)19)12(9-10)24(22,23)20-13-3-6-14(21,7-4-13)8-5-13/h1-2,9,20-21H,3-8H2. The zero-order valence-electron chi connectivity index (χ0n) is 12.7. The molecular weight excluding hydrogens is 411 g/mol. The number of halogens is 4. The first kappa shape index (κ1) is 18.2. The summed E-state index contributed by atoms with van der Waals surface area (Å²) in [6, 6.07) is 2.90. The average molecular weight is 428 g/mol. The van der Waals surface area contributed by atoms with Crippen molar-refractivity contribution in [3.63, 3.8) is 0 Å². The Bertz CT molecular complexity index is 739. The Hall–Kier alpha value is -0.640. The highest BCUT2D eigenvalue weighted by Gasteiger charge is 2.50. The minimum atomic E-state index is -4.76. The fourth-order valence-corrected chi connectivity index (χ4v) is 5.87. The van der Waals surface area contributed by atoms with Gasteiger partial charge in [0.2, 0.25) is 10.0 Å². The van der Waals surface area contributed by atoms with E-state index in [1.807, 2.05) is 0 Å². The van der Waals surface area contributed by atoms with Gasteiger partial charge in [0.05, 0.1) is 16.1 Å². The van der Waals surface area contributed by atoms with E-state index in [-0.39, 0.29) is 4.47 Å². The van der Waals surface area contributed by atoms with Crippen LogP contribution in [0.25, 0.3) is 0 Å². The van der Waals surface area contributed by atoms with Gasteiger partial charge in [0.25, 0.3) is 0 Å². The maximum Gasteiger partial charge on any atom is 0.417 e. The third kappa shape index (κ3) is 3.36. The number of hydrogen-bond donors (Lipinski definition) is 2. The monoisotopic (exact) mass is 427 g/mol. The third-order valence-corrected chi connectivity index (χ3v) is 7.21. The van der Waals surface area contributed by atoms with Gasteiger partial charge in [0, 0.05) is 10.0 Å². The molecule has 9 heteroatoms. The quantitative estimate of drug-likeness (QED) is 0.774. The van der Waals surface area contributed by atoms with E-state index in [2.05, 4.69) is 20.7 Å². The number of fused-ring (bicyclic) bond motifs is 3. The van der Waals surface area contributed by atoms with Crippen LogP contribution < -0.4 is 4.72 Å². The van der Waals surface area contributed by atoms with Gasteiger partial charge < -0.3 is 5.11 Å². The van der Waals surface area contributed by atoms with Crippen LogP contribution >= 0.6 is 15.9 Å². The Labute approximate surface area is 146 Å². The van der Waals surface area contributed by atoms with Gasteiger partial charge in [-0.05, 0) is 56.7 Å². The predicted molar refractivity (Wildman–Crippen MR) is 84.8 cm³/mol. The number of nitrogens with one attached hydrogen (secondary N) is 1. The first-order valence-electron chi connectivity index (χ1n) is 7.58. The molecule has 0 saturated heterocycles. The van der Waals surface area contributed by atoms with Crippen LogP contribution in [0.4, 0.5) is 13.2 Å². The van der Waals surface area contributed by atoms with Crippen molar-refractivity contribution in [1.29, 1.82) is 0 Å². The lowest BCUT2D eigenvalue weighted by Crippen LogP contribution is -2.58. The molecule has 134 valence electrons. The number of alkyl halides is 3. The second-order valence-corrected chi connectivity index (χ2v) is 9.31. The maximum absolute atomic E-state index is 13.2. The highest BCUT2D eigenvalue weighted by Crippen LogP contribution is 2.47. The normalized spacial score (nSPS) is 30.5. The lowest BCUT2D eigenvalue weighted by molar-refractivity contribution is -0.139. The van der Waals surface area contributed by atoms with Crippen LogP contribution in [0.1, 0.15) is 44.1 Å². The lowest BCUT2D eigenvalue weighted by Gasteiger charge is -2.50. The topological polar surface area (TPSA) is 66.4 Å². The summed E-state index contributed by atoms with van der Waals surface area (Å²) < 4.78 is 67.7. The summed E-state index contributed by atoms with van der Waals surface area (Å²) in [5, 5.41) is 10.2. The molecule has 0 spiro atoms. The molecule has 3 aliphatic carbocycles. The summed E-state index contributed by atoms with van der Waals surface area (Å²) in [5.41, 5.74) is -2.70. The number of benzene rings is 1. The SMILES string of the molecule is O=S(=O)(NC12CCC(O)(CC1)CC2)c1cc(Br)ccc1C(F)(F)F. The summed E-state index contributed by atoms with van der Waals surface area (Å²) in [6.07, 6.45) is -2.10. The molecule has 0 atom stereocenters. The van der Waals surface area contributed by atoms with Crippen molar-refractivity contribution in [1.82, 2.24) is 4.72 Å². The highest BCUT2D eigenvalue weighted by molar-refractivity contribution is 9.10. The first-order chi connectivity index (χ1) is 10.9. The van der Waals surface area contributed by atoms with E-state index in [0.29, 0.717) is 38.5 Å². The van der Waals surface area contributed by atoms with E-state index in [1.54, 1.807) is 0 Å². The molecule has 0 heterocycles. The molecule has 4 rings (SSSR count). The summed E-state index contributed by atoms with van der Waals surface area (Å²) >= 11 is 3.03. The minimum absolute atomic E-state index is 0.259. The van der Waals surface area contributed by atoms with Crippen LogP contribution in [0.2, 0.25) is 0 Å². The molecule has 0 aliphatic heterocycles. The van der Waals surface area contributed by atoms with Crippen LogP contribution in [-0.2, 0) is 16.2 Å². The fourth-order valence-electron chi connectivity index (χ4n) is 3.61. The van der Waals surface area contributed by atoms with E-state index >= 15 is 0 Å². The fraction of sp³-hybridized carbons (Fsp3) is 0.600. The van der Waals surface area contributed by atoms with Crippen molar-refractivity contribution in [3.05, 3.63) is 28.2 Å². The van der Waals surface area contributed by atoms with E-state index in [9.17, 15) is 26.7 Å². The highest BCUT2D eigenvalue weighted by atomic mass is 79.9. The molecule has 3 aliphatic rings. The van der Waals surface area contributed by atoms with Gasteiger partial charge in [-0.15, -0.1) is 0 Å². The molecule has 0 aromatic heterocycles. The largest absolute Gasteiger partial charge is 0.417 e. The number of aliphatic hydroxyl groups is 1. The Kier molecular flexibility index (Phi) is 4.30. The molecule has 3 saturated carbocycles. The van der Waals surface area contributed by atoms with Gasteiger partial charge >= 0.3 is 6.18 Å². The van der Waals surface area contributed by atoms with Crippen LogP contribution in [-0.4, -0.2) is 24.7 Å². The van der Waals surface area contributed by atoms with Crippen molar-refractivity contribution < 1.29 is 26.7 Å². The van der Waals surface area contributed by atoms with Gasteiger partial charge in [0.15, 0.2) is 0 Å². The third-order valence-electron chi connectivity index (χ3n) is 5.10. The van der Waals surface area contributed by atoms with Crippen molar-refractivity contribution in [2.24, 2.45) is 0 Å². The molecule has 1 aromatic rings. The summed E-state index contributed by atoms with van der Waals surface area (Å²) in [5.74, 6) is 0. The second-order valence-electron chi connectivity index (χ2n) is 6.75. The molecule has 0 amide bonds. The van der Waals surface area contributed by atoms with Crippen LogP contribution in [0.3, 0.4) is 0 Å². The number of rotatable bonds is 3. The maximum atomic E-state index is 13.2. The van der Waals surface area contributed by atoms with Crippen LogP contribution in [0.15, 0.2) is 27.6 Å². The second kappa shape index (κ2) is 5.69. The van der Waals surface area contributed by atoms with Gasteiger partial charge in [-0.3, -0.25) is 0 Å². The van der Waals surface area contributed by atoms with E-state index in [0.717, 1.165) is 12.1 Å². The van der Waals surface area contributed by atoms with Gasteiger partial charge in [-0.1, -0.05) is 15.9 Å². The Morgan fingerprint density at radius 1 is 1.08 bits per heavy atom. The number of hydrogen-bond acceptors (Lipinski definition) is 3.